The summed E-state index contributed by atoms with van der Waals surface area (Å²) in [4.78, 5) is 12.4. The quantitative estimate of drug-likeness (QED) is 0.657. The molecule has 0 fully saturated rings. The van der Waals surface area contributed by atoms with Crippen molar-refractivity contribution in [1.82, 2.24) is 15.1 Å². The van der Waals surface area contributed by atoms with Gasteiger partial charge in [0.2, 0.25) is 0 Å². The number of furan rings is 1. The lowest BCUT2D eigenvalue weighted by atomic mass is 10.2. The number of hydrogen-bond acceptors (Lipinski definition) is 5. The summed E-state index contributed by atoms with van der Waals surface area (Å²) < 4.78 is 18.2. The molecular formula is C20H23N3O4. The van der Waals surface area contributed by atoms with Crippen LogP contribution < -0.4 is 14.8 Å². The molecule has 0 aliphatic rings. The van der Waals surface area contributed by atoms with Crippen LogP contribution in [0.1, 0.15) is 41.9 Å². The fraction of sp³-hybridized carbons (Fsp3) is 0.300. The van der Waals surface area contributed by atoms with Gasteiger partial charge in [0.1, 0.15) is 23.9 Å². The zero-order valence-corrected chi connectivity index (χ0v) is 15.6. The van der Waals surface area contributed by atoms with Crippen LogP contribution in [0.25, 0.3) is 0 Å². The van der Waals surface area contributed by atoms with Gasteiger partial charge in [-0.15, -0.1) is 0 Å². The third-order valence-corrected chi connectivity index (χ3v) is 4.17. The van der Waals surface area contributed by atoms with Gasteiger partial charge in [0.25, 0.3) is 5.91 Å². The van der Waals surface area contributed by atoms with Gasteiger partial charge in [-0.3, -0.25) is 9.48 Å². The van der Waals surface area contributed by atoms with Crippen LogP contribution in [-0.2, 0) is 13.2 Å². The first-order chi connectivity index (χ1) is 13.1. The third-order valence-electron chi connectivity index (χ3n) is 4.17. The van der Waals surface area contributed by atoms with E-state index in [1.165, 1.54) is 0 Å². The van der Waals surface area contributed by atoms with E-state index in [1.54, 1.807) is 25.4 Å². The number of hydrogen-bond donors (Lipinski definition) is 1. The minimum atomic E-state index is -0.276. The molecule has 2 heterocycles. The molecule has 0 bridgehead atoms. The van der Waals surface area contributed by atoms with Crippen molar-refractivity contribution in [2.45, 2.75) is 33.0 Å². The van der Waals surface area contributed by atoms with E-state index in [4.69, 9.17) is 13.9 Å². The van der Waals surface area contributed by atoms with Crippen molar-refractivity contribution < 1.29 is 18.7 Å². The molecular weight excluding hydrogens is 346 g/mol. The number of ether oxygens (including phenoxy) is 2. The van der Waals surface area contributed by atoms with Crippen molar-refractivity contribution in [2.75, 3.05) is 7.11 Å². The average Bonchev–Trinajstić information content (AvgIpc) is 3.36. The molecule has 1 atom stereocenters. The highest BCUT2D eigenvalue weighted by molar-refractivity contribution is 5.91. The number of carbonyl (C=O) groups excluding carboxylic acids is 1. The largest absolute Gasteiger partial charge is 0.497 e. The first-order valence-electron chi connectivity index (χ1n) is 8.78. The molecule has 27 heavy (non-hydrogen) atoms. The molecule has 0 spiro atoms. The molecule has 1 aromatic carbocycles. The molecule has 0 saturated carbocycles. The topological polar surface area (TPSA) is 78.5 Å². The van der Waals surface area contributed by atoms with Crippen LogP contribution >= 0.6 is 0 Å². The van der Waals surface area contributed by atoms with Crippen molar-refractivity contribution in [3.8, 4) is 11.5 Å². The number of amides is 1. The van der Waals surface area contributed by atoms with Gasteiger partial charge in [0, 0.05) is 12.7 Å². The fourth-order valence-electron chi connectivity index (χ4n) is 2.72. The van der Waals surface area contributed by atoms with Crippen LogP contribution in [0.15, 0.2) is 53.1 Å². The number of aryl methyl sites for hydroxylation is 1. The lowest BCUT2D eigenvalue weighted by Crippen LogP contribution is -2.28. The van der Waals surface area contributed by atoms with E-state index < -0.39 is 0 Å². The number of methoxy groups -OCH3 is 1. The number of benzene rings is 1. The second kappa shape index (κ2) is 8.44. The Bertz CT molecular complexity index is 883. The Balaban J connectivity index is 1.56. The number of rotatable bonds is 8. The van der Waals surface area contributed by atoms with E-state index >= 15 is 0 Å². The molecule has 1 amide bonds. The summed E-state index contributed by atoms with van der Waals surface area (Å²) in [5.41, 5.74) is 0.945. The standard InChI is InChI=1S/C20H23N3O4/c1-4-23-18(11-12-21-23)14(2)22-20(24)19-10-9-17(27-19)13-26-16-7-5-15(25-3)6-8-16/h5-12,14H,4,13H2,1-3H3,(H,22,24). The molecule has 7 nitrogen and oxygen atoms in total. The van der Waals surface area contributed by atoms with Gasteiger partial charge in [-0.2, -0.15) is 5.10 Å². The molecule has 7 heteroatoms. The lowest BCUT2D eigenvalue weighted by molar-refractivity contribution is 0.0906. The molecule has 3 aromatic rings. The van der Waals surface area contributed by atoms with Crippen molar-refractivity contribution in [3.05, 3.63) is 65.9 Å². The maximum atomic E-state index is 12.4. The van der Waals surface area contributed by atoms with Crippen LogP contribution in [0.5, 0.6) is 11.5 Å². The molecule has 3 rings (SSSR count). The zero-order chi connectivity index (χ0) is 19.2. The third kappa shape index (κ3) is 4.49. The van der Waals surface area contributed by atoms with E-state index in [0.29, 0.717) is 11.5 Å². The Morgan fingerprint density at radius 2 is 1.93 bits per heavy atom. The molecule has 1 unspecified atom stereocenters. The first-order valence-corrected chi connectivity index (χ1v) is 8.78. The predicted octanol–water partition coefficient (Wildman–Crippen LogP) is 3.57. The lowest BCUT2D eigenvalue weighted by Gasteiger charge is -2.14. The van der Waals surface area contributed by atoms with Gasteiger partial charge in [0.15, 0.2) is 5.76 Å². The van der Waals surface area contributed by atoms with Gasteiger partial charge in [-0.25, -0.2) is 0 Å². The monoisotopic (exact) mass is 369 g/mol. The van der Waals surface area contributed by atoms with E-state index in [0.717, 1.165) is 18.0 Å². The van der Waals surface area contributed by atoms with Crippen LogP contribution in [0.3, 0.4) is 0 Å². The summed E-state index contributed by atoms with van der Waals surface area (Å²) in [5, 5.41) is 7.15. The van der Waals surface area contributed by atoms with Crippen LogP contribution in [0.4, 0.5) is 0 Å². The van der Waals surface area contributed by atoms with Gasteiger partial charge in [-0.1, -0.05) is 0 Å². The maximum absolute atomic E-state index is 12.4. The number of nitrogens with zero attached hydrogens (tertiary/aromatic N) is 2. The fourth-order valence-corrected chi connectivity index (χ4v) is 2.72. The van der Waals surface area contributed by atoms with Gasteiger partial charge in [-0.05, 0) is 56.3 Å². The van der Waals surface area contributed by atoms with E-state index in [1.807, 2.05) is 48.9 Å². The zero-order valence-electron chi connectivity index (χ0n) is 15.6. The summed E-state index contributed by atoms with van der Waals surface area (Å²) in [6, 6.07) is 12.4. The Morgan fingerprint density at radius 3 is 2.63 bits per heavy atom. The Morgan fingerprint density at radius 1 is 1.19 bits per heavy atom. The van der Waals surface area contributed by atoms with E-state index in [-0.39, 0.29) is 24.3 Å². The number of carbonyl (C=O) groups is 1. The molecule has 0 aliphatic carbocycles. The minimum Gasteiger partial charge on any atom is -0.497 e. The Labute approximate surface area is 157 Å². The maximum Gasteiger partial charge on any atom is 0.287 e. The van der Waals surface area contributed by atoms with E-state index in [9.17, 15) is 4.79 Å². The van der Waals surface area contributed by atoms with Crippen molar-refractivity contribution >= 4 is 5.91 Å². The highest BCUT2D eigenvalue weighted by Gasteiger charge is 2.17. The number of aromatic nitrogens is 2. The minimum absolute atomic E-state index is 0.177. The average molecular weight is 369 g/mol. The SMILES string of the molecule is CCn1nccc1C(C)NC(=O)c1ccc(COc2ccc(OC)cc2)o1. The summed E-state index contributed by atoms with van der Waals surface area (Å²) in [5.74, 6) is 2.00. The first kappa shape index (κ1) is 18.6. The smallest absolute Gasteiger partial charge is 0.287 e. The van der Waals surface area contributed by atoms with Crippen molar-refractivity contribution in [2.24, 2.45) is 0 Å². The van der Waals surface area contributed by atoms with Gasteiger partial charge in [0.05, 0.1) is 18.8 Å². The summed E-state index contributed by atoms with van der Waals surface area (Å²) >= 11 is 0. The van der Waals surface area contributed by atoms with Gasteiger partial charge < -0.3 is 19.2 Å². The Hall–Kier alpha value is -3.22. The molecule has 0 aliphatic heterocycles. The van der Waals surface area contributed by atoms with Gasteiger partial charge >= 0.3 is 0 Å². The summed E-state index contributed by atoms with van der Waals surface area (Å²) in [6.07, 6.45) is 1.73. The van der Waals surface area contributed by atoms with Crippen LogP contribution in [0.2, 0.25) is 0 Å². The van der Waals surface area contributed by atoms with Crippen molar-refractivity contribution in [3.63, 3.8) is 0 Å². The molecule has 2 aromatic heterocycles. The predicted molar refractivity (Wildman–Crippen MR) is 99.8 cm³/mol. The normalized spacial score (nSPS) is 11.8. The van der Waals surface area contributed by atoms with E-state index in [2.05, 4.69) is 10.4 Å². The molecule has 0 saturated heterocycles. The number of nitrogens with one attached hydrogen (secondary N) is 1. The van der Waals surface area contributed by atoms with Crippen molar-refractivity contribution in [1.29, 1.82) is 0 Å². The van der Waals surface area contributed by atoms with Crippen LogP contribution in [-0.4, -0.2) is 22.8 Å². The molecule has 0 radical (unpaired) electrons. The Kier molecular flexibility index (Phi) is 5.80. The van der Waals surface area contributed by atoms with Crippen LogP contribution in [0, 0.1) is 0 Å². The second-order valence-electron chi connectivity index (χ2n) is 6.00. The summed E-state index contributed by atoms with van der Waals surface area (Å²) in [7, 11) is 1.61. The highest BCUT2D eigenvalue weighted by atomic mass is 16.5. The highest BCUT2D eigenvalue weighted by Crippen LogP contribution is 2.19. The molecule has 142 valence electrons. The summed E-state index contributed by atoms with van der Waals surface area (Å²) in [6.45, 7) is 4.90. The molecule has 1 N–H and O–H groups in total. The second-order valence-corrected chi connectivity index (χ2v) is 6.00.